The Morgan fingerprint density at radius 2 is 1.80 bits per heavy atom. The lowest BCUT2D eigenvalue weighted by Gasteiger charge is -2.32. The largest absolute Gasteiger partial charge is 0.478 e. The fourth-order valence-corrected chi connectivity index (χ4v) is 6.41. The number of benzene rings is 2. The summed E-state index contributed by atoms with van der Waals surface area (Å²) >= 11 is 6.50. The number of pyridine rings is 1. The molecular weight excluding hydrogens is 648 g/mol. The summed E-state index contributed by atoms with van der Waals surface area (Å²) in [5.74, 6) is 0.692. The van der Waals surface area contributed by atoms with E-state index in [2.05, 4.69) is 31.2 Å². The SMILES string of the molecule is CNC(=O)COc1cc2cc(Nc3nc(N4CCC(CCNc5ccc(C6CCC(=O)NC6=O)cc5)CC4)ncc3Cl)ccc2n(C)c1=O. The van der Waals surface area contributed by atoms with E-state index in [1.165, 1.54) is 11.6 Å². The molecule has 2 saturated heterocycles. The molecule has 2 aliphatic heterocycles. The third-order valence-electron chi connectivity index (χ3n) is 9.15. The number of fused-ring (bicyclic) bond motifs is 1. The van der Waals surface area contributed by atoms with Gasteiger partial charge in [-0.2, -0.15) is 4.98 Å². The van der Waals surface area contributed by atoms with Crippen molar-refractivity contribution in [1.29, 1.82) is 0 Å². The molecule has 13 nitrogen and oxygen atoms in total. The highest BCUT2D eigenvalue weighted by atomic mass is 35.5. The first-order chi connectivity index (χ1) is 23.7. The van der Waals surface area contributed by atoms with E-state index < -0.39 is 0 Å². The van der Waals surface area contributed by atoms with Gasteiger partial charge in [-0.05, 0) is 73.6 Å². The van der Waals surface area contributed by atoms with E-state index in [9.17, 15) is 19.2 Å². The highest BCUT2D eigenvalue weighted by Crippen LogP contribution is 2.30. The van der Waals surface area contributed by atoms with Gasteiger partial charge in [-0.15, -0.1) is 0 Å². The molecule has 2 fully saturated rings. The van der Waals surface area contributed by atoms with Gasteiger partial charge in [0.2, 0.25) is 17.8 Å². The maximum atomic E-state index is 12.7. The standard InChI is InChI=1S/C35H39ClN8O5/c1-37-31(46)20-49-29-18-23-17-25(7-9-28(23)43(2)34(29)48)40-32-27(36)19-39-35(42-32)44-15-12-21(13-16-44)11-14-38-24-5-3-22(4-6-24)26-8-10-30(45)41-33(26)47/h3-7,9,17-19,21,26,38H,8,10-16,20H2,1-2H3,(H,37,46)(H,39,40,42)(H,41,45,47). The number of likely N-dealkylation sites (N-methyl/N-ethyl adjacent to an activating group) is 1. The van der Waals surface area contributed by atoms with Crippen LogP contribution in [0.2, 0.25) is 5.02 Å². The van der Waals surface area contributed by atoms with Crippen molar-refractivity contribution in [2.24, 2.45) is 13.0 Å². The molecule has 0 radical (unpaired) electrons. The van der Waals surface area contributed by atoms with Gasteiger partial charge in [-0.25, -0.2) is 4.98 Å². The lowest BCUT2D eigenvalue weighted by molar-refractivity contribution is -0.134. The number of carbonyl (C=O) groups excluding carboxylic acids is 3. The number of nitrogens with zero attached hydrogens (tertiary/aromatic N) is 4. The van der Waals surface area contributed by atoms with E-state index in [0.29, 0.717) is 46.8 Å². The van der Waals surface area contributed by atoms with Gasteiger partial charge in [0.1, 0.15) is 5.02 Å². The zero-order chi connectivity index (χ0) is 34.5. The Hall–Kier alpha value is -5.17. The van der Waals surface area contributed by atoms with Gasteiger partial charge in [-0.3, -0.25) is 24.5 Å². The first-order valence-corrected chi connectivity index (χ1v) is 16.8. The minimum atomic E-state index is -0.334. The van der Waals surface area contributed by atoms with Crippen LogP contribution in [0.15, 0.2) is 59.5 Å². The van der Waals surface area contributed by atoms with Crippen LogP contribution in [-0.4, -0.2) is 65.5 Å². The first kappa shape index (κ1) is 33.7. The lowest BCUT2D eigenvalue weighted by atomic mass is 9.90. The van der Waals surface area contributed by atoms with E-state index >= 15 is 0 Å². The van der Waals surface area contributed by atoms with Gasteiger partial charge < -0.3 is 30.2 Å². The Morgan fingerprint density at radius 3 is 2.53 bits per heavy atom. The van der Waals surface area contributed by atoms with Crippen LogP contribution in [0.5, 0.6) is 5.75 Å². The van der Waals surface area contributed by atoms with Crippen LogP contribution in [0.1, 0.15) is 43.6 Å². The fourth-order valence-electron chi connectivity index (χ4n) is 6.27. The number of carbonyl (C=O) groups is 3. The summed E-state index contributed by atoms with van der Waals surface area (Å²) in [5, 5.41) is 12.8. The number of aromatic nitrogens is 3. The molecule has 14 heteroatoms. The molecule has 2 aromatic heterocycles. The molecule has 0 bridgehead atoms. The molecule has 256 valence electrons. The molecule has 4 aromatic rings. The molecule has 6 rings (SSSR count). The topological polar surface area (TPSA) is 160 Å². The Balaban J connectivity index is 1.02. The fraction of sp³-hybridized carbons (Fsp3) is 0.371. The summed E-state index contributed by atoms with van der Waals surface area (Å²) in [7, 11) is 3.16. The summed E-state index contributed by atoms with van der Waals surface area (Å²) in [6.45, 7) is 2.24. The molecule has 1 atom stereocenters. The highest BCUT2D eigenvalue weighted by molar-refractivity contribution is 6.32. The van der Waals surface area contributed by atoms with Crippen LogP contribution in [0.4, 0.5) is 23.1 Å². The van der Waals surface area contributed by atoms with Crippen molar-refractivity contribution in [3.8, 4) is 5.75 Å². The second kappa shape index (κ2) is 14.9. The predicted molar refractivity (Wildman–Crippen MR) is 189 cm³/mol. The van der Waals surface area contributed by atoms with E-state index in [-0.39, 0.29) is 41.6 Å². The number of amides is 3. The number of hydrogen-bond acceptors (Lipinski definition) is 10. The third-order valence-corrected chi connectivity index (χ3v) is 9.43. The van der Waals surface area contributed by atoms with Gasteiger partial charge in [0.25, 0.3) is 11.5 Å². The maximum absolute atomic E-state index is 12.7. The van der Waals surface area contributed by atoms with Crippen LogP contribution >= 0.6 is 11.6 Å². The molecule has 4 heterocycles. The van der Waals surface area contributed by atoms with Crippen molar-refractivity contribution >= 4 is 63.4 Å². The Bertz CT molecular complexity index is 1920. The normalized spacial score (nSPS) is 16.7. The van der Waals surface area contributed by atoms with Crippen molar-refractivity contribution in [2.75, 3.05) is 48.8 Å². The van der Waals surface area contributed by atoms with Crippen LogP contribution in [0.3, 0.4) is 0 Å². The number of halogens is 1. The Labute approximate surface area is 288 Å². The van der Waals surface area contributed by atoms with Crippen molar-refractivity contribution in [1.82, 2.24) is 25.2 Å². The van der Waals surface area contributed by atoms with Crippen molar-refractivity contribution in [2.45, 2.75) is 38.0 Å². The zero-order valence-electron chi connectivity index (χ0n) is 27.4. The predicted octanol–water partition coefficient (Wildman–Crippen LogP) is 4.09. The lowest BCUT2D eigenvalue weighted by Crippen LogP contribution is -2.39. The summed E-state index contributed by atoms with van der Waals surface area (Å²) in [4.78, 5) is 59.4. The van der Waals surface area contributed by atoms with Crippen molar-refractivity contribution < 1.29 is 19.1 Å². The second-order valence-electron chi connectivity index (χ2n) is 12.4. The maximum Gasteiger partial charge on any atom is 0.293 e. The molecule has 3 amide bonds. The molecule has 49 heavy (non-hydrogen) atoms. The molecule has 1 unspecified atom stereocenters. The molecule has 2 aromatic carbocycles. The smallest absolute Gasteiger partial charge is 0.293 e. The average molecular weight is 687 g/mol. The van der Waals surface area contributed by atoms with E-state index in [1.807, 2.05) is 42.5 Å². The number of ether oxygens (including phenoxy) is 1. The van der Waals surface area contributed by atoms with Crippen molar-refractivity contribution in [3.05, 3.63) is 75.7 Å². The minimum Gasteiger partial charge on any atom is -0.478 e. The van der Waals surface area contributed by atoms with Gasteiger partial charge in [0.05, 0.1) is 17.6 Å². The minimum absolute atomic E-state index is 0.0815. The third kappa shape index (κ3) is 7.94. The van der Waals surface area contributed by atoms with Gasteiger partial charge in [0, 0.05) is 56.9 Å². The summed E-state index contributed by atoms with van der Waals surface area (Å²) in [5.41, 5.74) is 3.02. The highest BCUT2D eigenvalue weighted by Gasteiger charge is 2.28. The number of anilines is 4. The van der Waals surface area contributed by atoms with Crippen LogP contribution in [0, 0.1) is 5.92 Å². The first-order valence-electron chi connectivity index (χ1n) is 16.4. The molecule has 0 spiro atoms. The summed E-state index contributed by atoms with van der Waals surface area (Å²) in [6.07, 6.45) is 5.57. The number of rotatable bonds is 11. The monoisotopic (exact) mass is 686 g/mol. The van der Waals surface area contributed by atoms with Crippen molar-refractivity contribution in [3.63, 3.8) is 0 Å². The van der Waals surface area contributed by atoms with E-state index in [0.717, 1.165) is 55.5 Å². The average Bonchev–Trinajstić information content (AvgIpc) is 3.10. The molecule has 4 N–H and O–H groups in total. The van der Waals surface area contributed by atoms with Gasteiger partial charge in [-0.1, -0.05) is 23.7 Å². The van der Waals surface area contributed by atoms with Crippen LogP contribution < -0.4 is 36.5 Å². The number of nitrogens with one attached hydrogen (secondary N) is 4. The summed E-state index contributed by atoms with van der Waals surface area (Å²) in [6, 6.07) is 15.1. The molecular formula is C35H39ClN8O5. The molecule has 2 aliphatic rings. The Kier molecular flexibility index (Phi) is 10.3. The van der Waals surface area contributed by atoms with Crippen LogP contribution in [-0.2, 0) is 21.4 Å². The second-order valence-corrected chi connectivity index (χ2v) is 12.8. The number of hydrogen-bond donors (Lipinski definition) is 4. The van der Waals surface area contributed by atoms with Crippen LogP contribution in [0.25, 0.3) is 10.9 Å². The quantitative estimate of drug-likeness (QED) is 0.169. The Morgan fingerprint density at radius 1 is 1.04 bits per heavy atom. The van der Waals surface area contributed by atoms with Gasteiger partial charge in [0.15, 0.2) is 18.2 Å². The molecule has 0 saturated carbocycles. The van der Waals surface area contributed by atoms with E-state index in [1.54, 1.807) is 19.3 Å². The van der Waals surface area contributed by atoms with Gasteiger partial charge >= 0.3 is 0 Å². The zero-order valence-corrected chi connectivity index (χ0v) is 28.2. The molecule has 0 aliphatic carbocycles. The summed E-state index contributed by atoms with van der Waals surface area (Å²) < 4.78 is 6.96. The number of piperidine rings is 2. The number of imide groups is 1. The number of aryl methyl sites for hydroxylation is 1. The van der Waals surface area contributed by atoms with E-state index in [4.69, 9.17) is 21.3 Å².